The molecule has 0 radical (unpaired) electrons. The summed E-state index contributed by atoms with van der Waals surface area (Å²) in [4.78, 5) is 15.9. The Kier molecular flexibility index (Phi) is 5.97. The summed E-state index contributed by atoms with van der Waals surface area (Å²) in [5.74, 6) is 0.272. The number of nitrogens with zero attached hydrogens (tertiary/aromatic N) is 1. The predicted molar refractivity (Wildman–Crippen MR) is 81.6 cm³/mol. The molecule has 0 bridgehead atoms. The molecule has 5 heteroatoms. The minimum absolute atomic E-state index is 0.153. The lowest BCUT2D eigenvalue weighted by Gasteiger charge is -2.01. The Morgan fingerprint density at radius 2 is 2.05 bits per heavy atom. The fourth-order valence-electron chi connectivity index (χ4n) is 1.97. The van der Waals surface area contributed by atoms with Crippen molar-refractivity contribution >= 4 is 23.1 Å². The van der Waals surface area contributed by atoms with E-state index in [1.54, 1.807) is 6.08 Å². The SMILES string of the molecule is O=C(/C=C/c1nc2ccccc2o1)NCCCCCCO. The summed E-state index contributed by atoms with van der Waals surface area (Å²) in [6.07, 6.45) is 6.74. The van der Waals surface area contributed by atoms with Gasteiger partial charge in [0.15, 0.2) is 5.58 Å². The van der Waals surface area contributed by atoms with Crippen LogP contribution in [-0.2, 0) is 4.79 Å². The summed E-state index contributed by atoms with van der Waals surface area (Å²) >= 11 is 0. The normalized spacial score (nSPS) is 11.3. The van der Waals surface area contributed by atoms with Crippen LogP contribution in [0, 0.1) is 0 Å². The van der Waals surface area contributed by atoms with Crippen molar-refractivity contribution in [2.75, 3.05) is 13.2 Å². The molecular weight excluding hydrogens is 268 g/mol. The van der Waals surface area contributed by atoms with Gasteiger partial charge < -0.3 is 14.8 Å². The Morgan fingerprint density at radius 3 is 2.86 bits per heavy atom. The van der Waals surface area contributed by atoms with Gasteiger partial charge in [0, 0.05) is 25.3 Å². The predicted octanol–water partition coefficient (Wildman–Crippen LogP) is 2.51. The molecule has 1 heterocycles. The van der Waals surface area contributed by atoms with Crippen molar-refractivity contribution in [3.63, 3.8) is 0 Å². The molecule has 112 valence electrons. The molecule has 2 rings (SSSR count). The number of fused-ring (bicyclic) bond motifs is 1. The molecule has 0 spiro atoms. The van der Waals surface area contributed by atoms with Crippen molar-refractivity contribution in [3.05, 3.63) is 36.2 Å². The molecule has 1 amide bonds. The highest BCUT2D eigenvalue weighted by molar-refractivity contribution is 5.91. The van der Waals surface area contributed by atoms with Crippen LogP contribution < -0.4 is 5.32 Å². The van der Waals surface area contributed by atoms with E-state index in [4.69, 9.17) is 9.52 Å². The van der Waals surface area contributed by atoms with Crippen LogP contribution in [0.3, 0.4) is 0 Å². The van der Waals surface area contributed by atoms with Crippen LogP contribution in [0.15, 0.2) is 34.8 Å². The van der Waals surface area contributed by atoms with Crippen LogP contribution >= 0.6 is 0 Å². The van der Waals surface area contributed by atoms with E-state index in [0.29, 0.717) is 18.0 Å². The summed E-state index contributed by atoms with van der Waals surface area (Å²) in [6, 6.07) is 7.47. The summed E-state index contributed by atoms with van der Waals surface area (Å²) in [6.45, 7) is 0.877. The number of aliphatic hydroxyl groups is 1. The van der Waals surface area contributed by atoms with Crippen LogP contribution in [0.5, 0.6) is 0 Å². The Hall–Kier alpha value is -2.14. The molecule has 0 atom stereocenters. The molecule has 0 fully saturated rings. The maximum Gasteiger partial charge on any atom is 0.244 e. The van der Waals surface area contributed by atoms with Gasteiger partial charge in [0.2, 0.25) is 11.8 Å². The minimum Gasteiger partial charge on any atom is -0.437 e. The van der Waals surface area contributed by atoms with E-state index in [-0.39, 0.29) is 12.5 Å². The zero-order valence-corrected chi connectivity index (χ0v) is 11.9. The fraction of sp³-hybridized carbons (Fsp3) is 0.375. The van der Waals surface area contributed by atoms with Crippen LogP contribution in [0.2, 0.25) is 0 Å². The van der Waals surface area contributed by atoms with Crippen molar-refractivity contribution in [1.29, 1.82) is 0 Å². The van der Waals surface area contributed by atoms with E-state index in [0.717, 1.165) is 31.2 Å². The third-order valence-electron chi connectivity index (χ3n) is 3.07. The number of amides is 1. The van der Waals surface area contributed by atoms with Crippen molar-refractivity contribution in [2.24, 2.45) is 0 Å². The third kappa shape index (κ3) is 5.04. The molecule has 0 aliphatic heterocycles. The van der Waals surface area contributed by atoms with E-state index >= 15 is 0 Å². The number of benzene rings is 1. The standard InChI is InChI=1S/C16H20N2O3/c19-12-6-2-1-5-11-17-15(20)9-10-16-18-13-7-3-4-8-14(13)21-16/h3-4,7-10,19H,1-2,5-6,11-12H2,(H,17,20)/b10-9+. The minimum atomic E-state index is -0.153. The number of nitrogens with one attached hydrogen (secondary N) is 1. The van der Waals surface area contributed by atoms with Crippen LogP contribution in [0.4, 0.5) is 0 Å². The quantitative estimate of drug-likeness (QED) is 0.578. The van der Waals surface area contributed by atoms with Gasteiger partial charge in [-0.3, -0.25) is 4.79 Å². The Balaban J connectivity index is 1.74. The Labute approximate surface area is 123 Å². The topological polar surface area (TPSA) is 75.4 Å². The van der Waals surface area contributed by atoms with Gasteiger partial charge in [-0.1, -0.05) is 25.0 Å². The van der Waals surface area contributed by atoms with Gasteiger partial charge in [-0.25, -0.2) is 4.98 Å². The molecule has 0 saturated heterocycles. The average molecular weight is 288 g/mol. The molecule has 0 saturated carbocycles. The highest BCUT2D eigenvalue weighted by Crippen LogP contribution is 2.15. The fourth-order valence-corrected chi connectivity index (χ4v) is 1.97. The first-order valence-corrected chi connectivity index (χ1v) is 7.22. The summed E-state index contributed by atoms with van der Waals surface area (Å²) in [5.41, 5.74) is 1.49. The molecule has 1 aromatic carbocycles. The zero-order valence-electron chi connectivity index (χ0n) is 11.9. The molecule has 0 aliphatic carbocycles. The summed E-state index contributed by atoms with van der Waals surface area (Å²) < 4.78 is 5.49. The number of rotatable bonds is 8. The lowest BCUT2D eigenvalue weighted by Crippen LogP contribution is -2.21. The molecule has 2 aromatic rings. The van der Waals surface area contributed by atoms with Crippen molar-refractivity contribution in [2.45, 2.75) is 25.7 Å². The largest absolute Gasteiger partial charge is 0.437 e. The van der Waals surface area contributed by atoms with Gasteiger partial charge >= 0.3 is 0 Å². The number of para-hydroxylation sites is 2. The number of carbonyl (C=O) groups is 1. The van der Waals surface area contributed by atoms with E-state index in [1.165, 1.54) is 6.08 Å². The van der Waals surface area contributed by atoms with Crippen LogP contribution in [0.25, 0.3) is 17.2 Å². The highest BCUT2D eigenvalue weighted by atomic mass is 16.3. The first-order chi connectivity index (χ1) is 10.3. The molecule has 21 heavy (non-hydrogen) atoms. The summed E-state index contributed by atoms with van der Waals surface area (Å²) in [5, 5.41) is 11.5. The van der Waals surface area contributed by atoms with E-state index < -0.39 is 0 Å². The maximum absolute atomic E-state index is 11.6. The van der Waals surface area contributed by atoms with Gasteiger partial charge in [0.1, 0.15) is 5.52 Å². The van der Waals surface area contributed by atoms with Crippen LogP contribution in [0.1, 0.15) is 31.6 Å². The van der Waals surface area contributed by atoms with Gasteiger partial charge in [-0.05, 0) is 25.0 Å². The van der Waals surface area contributed by atoms with E-state index in [2.05, 4.69) is 10.3 Å². The molecule has 1 aromatic heterocycles. The zero-order chi connectivity index (χ0) is 14.9. The molecular formula is C16H20N2O3. The number of hydrogen-bond donors (Lipinski definition) is 2. The third-order valence-corrected chi connectivity index (χ3v) is 3.07. The number of oxazole rings is 1. The maximum atomic E-state index is 11.6. The second kappa shape index (κ2) is 8.21. The lowest BCUT2D eigenvalue weighted by atomic mass is 10.2. The smallest absolute Gasteiger partial charge is 0.244 e. The Morgan fingerprint density at radius 1 is 1.24 bits per heavy atom. The molecule has 2 N–H and O–H groups in total. The van der Waals surface area contributed by atoms with Gasteiger partial charge in [0.05, 0.1) is 0 Å². The van der Waals surface area contributed by atoms with E-state index in [1.807, 2.05) is 24.3 Å². The van der Waals surface area contributed by atoms with E-state index in [9.17, 15) is 4.79 Å². The highest BCUT2D eigenvalue weighted by Gasteiger charge is 2.02. The molecule has 0 aliphatic rings. The van der Waals surface area contributed by atoms with Gasteiger partial charge in [0.25, 0.3) is 0 Å². The van der Waals surface area contributed by atoms with Crippen molar-refractivity contribution in [3.8, 4) is 0 Å². The number of carbonyl (C=O) groups excluding carboxylic acids is 1. The number of unbranched alkanes of at least 4 members (excludes halogenated alkanes) is 3. The average Bonchev–Trinajstić information content (AvgIpc) is 2.91. The second-order valence-electron chi connectivity index (χ2n) is 4.78. The second-order valence-corrected chi connectivity index (χ2v) is 4.78. The molecule has 0 unspecified atom stereocenters. The number of aliphatic hydroxyl groups excluding tert-OH is 1. The Bertz CT molecular complexity index is 571. The van der Waals surface area contributed by atoms with Gasteiger partial charge in [-0.2, -0.15) is 0 Å². The molecule has 5 nitrogen and oxygen atoms in total. The number of aromatic nitrogens is 1. The monoisotopic (exact) mass is 288 g/mol. The van der Waals surface area contributed by atoms with Gasteiger partial charge in [-0.15, -0.1) is 0 Å². The first-order valence-electron chi connectivity index (χ1n) is 7.22. The number of hydrogen-bond acceptors (Lipinski definition) is 4. The lowest BCUT2D eigenvalue weighted by molar-refractivity contribution is -0.116. The first kappa shape index (κ1) is 15.3. The van der Waals surface area contributed by atoms with Crippen LogP contribution in [-0.4, -0.2) is 29.1 Å². The van der Waals surface area contributed by atoms with Crippen molar-refractivity contribution < 1.29 is 14.3 Å². The summed E-state index contributed by atoms with van der Waals surface area (Å²) in [7, 11) is 0. The van der Waals surface area contributed by atoms with Crippen molar-refractivity contribution in [1.82, 2.24) is 10.3 Å².